The Morgan fingerprint density at radius 2 is 2.05 bits per heavy atom. The van der Waals surface area contributed by atoms with Crippen LogP contribution in [0.15, 0.2) is 16.7 Å². The Hall–Kier alpha value is -3.68. The lowest BCUT2D eigenvalue weighted by Gasteiger charge is -2.43. The van der Waals surface area contributed by atoms with Crippen molar-refractivity contribution < 1.29 is 37.3 Å². The van der Waals surface area contributed by atoms with Gasteiger partial charge in [-0.2, -0.15) is 8.42 Å². The molecule has 2 fully saturated rings. The van der Waals surface area contributed by atoms with E-state index in [1.165, 1.54) is 16.3 Å². The first-order valence-corrected chi connectivity index (χ1v) is 13.1. The molecule has 1 saturated heterocycles. The van der Waals surface area contributed by atoms with E-state index < -0.39 is 51.5 Å². The molecule has 17 nitrogen and oxygen atoms in total. The number of nitrogen functional groups attached to an aromatic ring is 1. The molecule has 0 aromatic carbocycles. The highest BCUT2D eigenvalue weighted by Gasteiger charge is 2.54. The number of anilines is 1. The van der Waals surface area contributed by atoms with E-state index in [9.17, 15) is 32.5 Å². The third-order valence-electron chi connectivity index (χ3n) is 5.97. The fourth-order valence-electron chi connectivity index (χ4n) is 4.09. The second-order valence-corrected chi connectivity index (χ2v) is 10.6. The molecule has 0 bridgehead atoms. The maximum absolute atomic E-state index is 13.2. The number of amides is 2. The first-order valence-electron chi connectivity index (χ1n) is 10.9. The van der Waals surface area contributed by atoms with Crippen molar-refractivity contribution in [1.29, 1.82) is 0 Å². The minimum absolute atomic E-state index is 0.0441. The predicted octanol–water partition coefficient (Wildman–Crippen LogP) is -1.91. The Balaban J connectivity index is 1.60. The summed E-state index contributed by atoms with van der Waals surface area (Å²) in [7, 11) is -4.96. The molecule has 1 aliphatic heterocycles. The van der Waals surface area contributed by atoms with Crippen LogP contribution in [0.4, 0.5) is 5.13 Å². The van der Waals surface area contributed by atoms with E-state index in [1.807, 2.05) is 0 Å². The molecular formula is C18H23N9O8S2. The van der Waals surface area contributed by atoms with Crippen LogP contribution in [0, 0.1) is 0 Å². The molecule has 2 aliphatic rings. The Morgan fingerprint density at radius 1 is 1.35 bits per heavy atom. The smallest absolute Gasteiger partial charge is 0.362 e. The summed E-state index contributed by atoms with van der Waals surface area (Å²) in [6, 6.07) is -2.71. The van der Waals surface area contributed by atoms with Crippen molar-refractivity contribution in [3.05, 3.63) is 23.0 Å². The molecule has 2 atom stereocenters. The maximum atomic E-state index is 13.2. The fourth-order valence-corrected chi connectivity index (χ4v) is 5.51. The van der Waals surface area contributed by atoms with Crippen LogP contribution < -0.4 is 16.8 Å². The highest BCUT2D eigenvalue weighted by Crippen LogP contribution is 2.34. The topological polar surface area (TPSA) is 258 Å². The van der Waals surface area contributed by atoms with Gasteiger partial charge < -0.3 is 26.7 Å². The van der Waals surface area contributed by atoms with Gasteiger partial charge in [0.15, 0.2) is 10.8 Å². The monoisotopic (exact) mass is 557 g/mol. The molecule has 2 amide bonds. The van der Waals surface area contributed by atoms with Crippen molar-refractivity contribution in [2.45, 2.75) is 56.5 Å². The third-order valence-corrected chi connectivity index (χ3v) is 7.59. The molecule has 19 heteroatoms. The number of nitrogens with zero attached hydrogens (tertiary/aromatic N) is 6. The van der Waals surface area contributed by atoms with Crippen molar-refractivity contribution in [3.63, 3.8) is 0 Å². The van der Waals surface area contributed by atoms with Gasteiger partial charge >= 0.3 is 16.3 Å². The zero-order valence-corrected chi connectivity index (χ0v) is 20.7. The number of carboxylic acid groups (broad SMARTS) is 1. The van der Waals surface area contributed by atoms with Gasteiger partial charge in [0.2, 0.25) is 5.60 Å². The maximum Gasteiger partial charge on any atom is 0.362 e. The first-order chi connectivity index (χ1) is 17.4. The summed E-state index contributed by atoms with van der Waals surface area (Å²) >= 11 is 0.981. The Kier molecular flexibility index (Phi) is 7.13. The number of hydrogen-bond donors (Lipinski definition) is 5. The summed E-state index contributed by atoms with van der Waals surface area (Å²) < 4.78 is 34.5. The van der Waals surface area contributed by atoms with Crippen molar-refractivity contribution >= 4 is 50.3 Å². The zero-order chi connectivity index (χ0) is 27.0. The molecule has 7 N–H and O–H groups in total. The van der Waals surface area contributed by atoms with Crippen LogP contribution in [-0.2, 0) is 42.6 Å². The summed E-state index contributed by atoms with van der Waals surface area (Å²) in [5, 5.41) is 24.8. The molecule has 3 heterocycles. The number of β-lactam (4-membered cyclic amide) rings is 1. The normalized spacial score (nSPS) is 21.5. The largest absolute Gasteiger partial charge is 0.478 e. The Bertz CT molecular complexity index is 1350. The Labute approximate surface area is 213 Å². The number of carboxylic acids is 1. The predicted molar refractivity (Wildman–Crippen MR) is 125 cm³/mol. The van der Waals surface area contributed by atoms with Gasteiger partial charge in [-0.1, -0.05) is 10.4 Å². The van der Waals surface area contributed by atoms with Crippen LogP contribution >= 0.6 is 11.3 Å². The number of nitrogens with one attached hydrogen (secondary N) is 1. The summed E-state index contributed by atoms with van der Waals surface area (Å²) in [6.45, 7) is -0.210. The second-order valence-electron chi connectivity index (χ2n) is 8.38. The number of aliphatic carboxylic acids is 1. The molecular weight excluding hydrogens is 534 g/mol. The molecule has 0 unspecified atom stereocenters. The average molecular weight is 558 g/mol. The van der Waals surface area contributed by atoms with Gasteiger partial charge in [-0.3, -0.25) is 18.8 Å². The lowest BCUT2D eigenvalue weighted by Crippen LogP contribution is -2.73. The van der Waals surface area contributed by atoms with Crippen LogP contribution in [0.3, 0.4) is 0 Å². The highest BCUT2D eigenvalue weighted by molar-refractivity contribution is 7.84. The number of nitrogens with two attached hydrogens (primary N) is 2. The number of carbonyl (C=O) groups excluding carboxylic acids is 2. The standard InChI is InChI=1S/C18H23N9O8S2/c19-5-9-6-26(25-23-9)7-11-13(15(29)27(11)37(32,33)34)22-14(28)12(10-8-36-17(20)21-10)24-35-18(16(30)31)3-1-2-4-18/h6,8,11,13H,1-5,7,19H2,(H2,20,21)(H,22,28)(H,30,31)(H,32,33,34)/b24-12-/t11-,13+/m1/s1. The molecule has 1 saturated carbocycles. The number of rotatable bonds is 10. The van der Waals surface area contributed by atoms with Crippen LogP contribution in [0.2, 0.25) is 0 Å². The molecule has 37 heavy (non-hydrogen) atoms. The highest BCUT2D eigenvalue weighted by atomic mass is 32.2. The van der Waals surface area contributed by atoms with E-state index in [1.54, 1.807) is 0 Å². The Morgan fingerprint density at radius 3 is 2.59 bits per heavy atom. The minimum Gasteiger partial charge on any atom is -0.478 e. The second kappa shape index (κ2) is 10.00. The molecule has 2 aromatic rings. The van der Waals surface area contributed by atoms with Crippen LogP contribution in [-0.4, -0.2) is 83.5 Å². The molecule has 4 rings (SSSR count). The number of thiazole rings is 1. The van der Waals surface area contributed by atoms with Gasteiger partial charge in [0.05, 0.1) is 18.3 Å². The zero-order valence-electron chi connectivity index (χ0n) is 19.1. The van der Waals surface area contributed by atoms with Crippen molar-refractivity contribution in [3.8, 4) is 0 Å². The SMILES string of the molecule is NCc1cn(C[C@@H]2[C@H](NC(=O)/C(=N\OC3(C(=O)O)CCCC3)c3csc(N)n3)C(=O)N2S(=O)(=O)O)nn1. The number of oxime groups is 1. The number of carbonyl (C=O) groups is 3. The molecule has 2 aromatic heterocycles. The number of hydrogen-bond acceptors (Lipinski definition) is 13. The molecule has 200 valence electrons. The van der Waals surface area contributed by atoms with E-state index in [0.29, 0.717) is 18.5 Å². The van der Waals surface area contributed by atoms with E-state index >= 15 is 0 Å². The van der Waals surface area contributed by atoms with Gasteiger partial charge in [0.1, 0.15) is 11.7 Å². The first kappa shape index (κ1) is 26.4. The third kappa shape index (κ3) is 5.24. The van der Waals surface area contributed by atoms with Crippen LogP contribution in [0.25, 0.3) is 0 Å². The summed E-state index contributed by atoms with van der Waals surface area (Å²) in [5.74, 6) is -3.37. The minimum atomic E-state index is -4.96. The van der Waals surface area contributed by atoms with E-state index in [0.717, 1.165) is 11.3 Å². The molecule has 0 spiro atoms. The van der Waals surface area contributed by atoms with Gasteiger partial charge in [-0.15, -0.1) is 16.4 Å². The average Bonchev–Trinajstić information content (AvgIpc) is 3.58. The van der Waals surface area contributed by atoms with Gasteiger partial charge in [-0.05, 0) is 12.8 Å². The van der Waals surface area contributed by atoms with Crippen molar-refractivity contribution in [1.82, 2.24) is 29.6 Å². The summed E-state index contributed by atoms with van der Waals surface area (Å²) in [6.07, 6.45) is 2.94. The van der Waals surface area contributed by atoms with E-state index in [2.05, 4.69) is 25.8 Å². The van der Waals surface area contributed by atoms with Crippen LogP contribution in [0.5, 0.6) is 0 Å². The fraction of sp³-hybridized carbons (Fsp3) is 0.500. The lowest BCUT2D eigenvalue weighted by molar-refractivity contribution is -0.165. The lowest BCUT2D eigenvalue weighted by atomic mass is 9.98. The molecule has 1 aliphatic carbocycles. The quantitative estimate of drug-likeness (QED) is 0.0925. The van der Waals surface area contributed by atoms with E-state index in [-0.39, 0.29) is 41.1 Å². The van der Waals surface area contributed by atoms with Crippen LogP contribution in [0.1, 0.15) is 37.1 Å². The van der Waals surface area contributed by atoms with Gasteiger partial charge in [0.25, 0.3) is 11.8 Å². The van der Waals surface area contributed by atoms with Crippen molar-refractivity contribution in [2.24, 2.45) is 10.9 Å². The summed E-state index contributed by atoms with van der Waals surface area (Å²) in [4.78, 5) is 47.0. The summed E-state index contributed by atoms with van der Waals surface area (Å²) in [5.41, 5.74) is 9.40. The van der Waals surface area contributed by atoms with E-state index in [4.69, 9.17) is 16.3 Å². The number of aromatic nitrogens is 4. The van der Waals surface area contributed by atoms with Gasteiger partial charge in [0, 0.05) is 31.0 Å². The van der Waals surface area contributed by atoms with Gasteiger partial charge in [-0.25, -0.2) is 14.1 Å². The molecule has 0 radical (unpaired) electrons. The van der Waals surface area contributed by atoms with Crippen molar-refractivity contribution in [2.75, 3.05) is 5.73 Å².